The molecule has 0 bridgehead atoms. The van der Waals surface area contributed by atoms with Gasteiger partial charge < -0.3 is 14.4 Å². The first-order chi connectivity index (χ1) is 16.0. The van der Waals surface area contributed by atoms with Gasteiger partial charge in [-0.2, -0.15) is 0 Å². The van der Waals surface area contributed by atoms with Crippen molar-refractivity contribution in [2.24, 2.45) is 5.92 Å². The Morgan fingerprint density at radius 2 is 1.73 bits per heavy atom. The predicted octanol–water partition coefficient (Wildman–Crippen LogP) is 5.04. The number of hydrogen-bond donors (Lipinski definition) is 1. The van der Waals surface area contributed by atoms with Crippen LogP contribution in [0.2, 0.25) is 0 Å². The lowest BCUT2D eigenvalue weighted by atomic mass is 9.87. The lowest BCUT2D eigenvalue weighted by Gasteiger charge is -2.31. The first kappa shape index (κ1) is 22.3. The Morgan fingerprint density at radius 1 is 1.06 bits per heavy atom. The van der Waals surface area contributed by atoms with E-state index in [2.05, 4.69) is 5.16 Å². The van der Waals surface area contributed by atoms with Crippen molar-refractivity contribution in [2.45, 2.75) is 32.7 Å². The Balaban J connectivity index is 1.80. The summed E-state index contributed by atoms with van der Waals surface area (Å²) in [4.78, 5) is 27.9. The maximum absolute atomic E-state index is 13.2. The van der Waals surface area contributed by atoms with Gasteiger partial charge in [0.15, 0.2) is 0 Å². The van der Waals surface area contributed by atoms with Gasteiger partial charge in [-0.05, 0) is 42.3 Å². The lowest BCUT2D eigenvalue weighted by Crippen LogP contribution is -2.39. The molecule has 1 N–H and O–H groups in total. The molecule has 1 aliphatic heterocycles. The average molecular weight is 447 g/mol. The zero-order valence-corrected chi connectivity index (χ0v) is 18.8. The van der Waals surface area contributed by atoms with E-state index in [0.717, 1.165) is 18.4 Å². The minimum atomic E-state index is -0.680. The molecule has 2 aromatic carbocycles. The fourth-order valence-corrected chi connectivity index (χ4v) is 4.38. The summed E-state index contributed by atoms with van der Waals surface area (Å²) in [6, 6.07) is 15.2. The van der Waals surface area contributed by atoms with E-state index in [-0.39, 0.29) is 17.3 Å². The zero-order chi connectivity index (χ0) is 23.5. The zero-order valence-electron chi connectivity index (χ0n) is 18.8. The third-order valence-electron chi connectivity index (χ3n) is 6.22. The summed E-state index contributed by atoms with van der Waals surface area (Å²) in [6.45, 7) is 4.05. The highest BCUT2D eigenvalue weighted by atomic mass is 16.5. The van der Waals surface area contributed by atoms with E-state index < -0.39 is 17.7 Å². The summed E-state index contributed by atoms with van der Waals surface area (Å²) in [6.07, 6.45) is 2.98. The fraction of sp³-hybridized carbons (Fsp3) is 0.269. The molecule has 1 atom stereocenters. The van der Waals surface area contributed by atoms with Crippen LogP contribution in [0.1, 0.15) is 32.3 Å². The van der Waals surface area contributed by atoms with Gasteiger partial charge in [0.2, 0.25) is 0 Å². The first-order valence-electron chi connectivity index (χ1n) is 11.0. The Labute approximate surface area is 192 Å². The molecule has 0 saturated carbocycles. The monoisotopic (exact) mass is 446 g/mol. The number of aromatic nitrogens is 1. The Morgan fingerprint density at radius 3 is 2.27 bits per heavy atom. The van der Waals surface area contributed by atoms with E-state index >= 15 is 0 Å². The topological polar surface area (TPSA) is 92.9 Å². The number of aliphatic hydroxyl groups is 1. The summed E-state index contributed by atoms with van der Waals surface area (Å²) in [7, 11) is 1.56. The Bertz CT molecular complexity index is 1160. The fourth-order valence-electron chi connectivity index (χ4n) is 4.38. The number of amides is 1. The van der Waals surface area contributed by atoms with E-state index in [1.165, 1.54) is 11.2 Å². The van der Waals surface area contributed by atoms with Crippen molar-refractivity contribution in [2.75, 3.05) is 12.0 Å². The van der Waals surface area contributed by atoms with Gasteiger partial charge in [0.1, 0.15) is 23.5 Å². The second kappa shape index (κ2) is 9.32. The molecule has 33 heavy (non-hydrogen) atoms. The van der Waals surface area contributed by atoms with Gasteiger partial charge in [0.05, 0.1) is 18.7 Å². The van der Waals surface area contributed by atoms with Crippen molar-refractivity contribution in [1.29, 1.82) is 0 Å². The summed E-state index contributed by atoms with van der Waals surface area (Å²) in [5.74, 6) is -0.867. The number of benzene rings is 2. The van der Waals surface area contributed by atoms with Gasteiger partial charge in [-0.15, -0.1) is 0 Å². The largest absolute Gasteiger partial charge is 0.507 e. The van der Waals surface area contributed by atoms with Crippen LogP contribution in [0.5, 0.6) is 5.75 Å². The number of methoxy groups -OCH3 is 1. The smallest absolute Gasteiger partial charge is 0.299 e. The van der Waals surface area contributed by atoms with Gasteiger partial charge in [0, 0.05) is 22.9 Å². The van der Waals surface area contributed by atoms with Crippen LogP contribution in [0.15, 0.2) is 71.0 Å². The third kappa shape index (κ3) is 4.02. The number of aliphatic hydroxyl groups excluding tert-OH is 1. The first-order valence-corrected chi connectivity index (χ1v) is 11.0. The SMILES string of the molecule is CCC(CC)C1C(=C(O)c2ccc(OC)cc2)C(=O)C(=O)N1c1ccc(-c2ccon2)cc1. The van der Waals surface area contributed by atoms with Crippen molar-refractivity contribution >= 4 is 23.1 Å². The van der Waals surface area contributed by atoms with Crippen LogP contribution in [-0.4, -0.2) is 35.1 Å². The minimum Gasteiger partial charge on any atom is -0.507 e. The highest BCUT2D eigenvalue weighted by molar-refractivity contribution is 6.51. The Hall–Kier alpha value is -3.87. The number of rotatable bonds is 7. The van der Waals surface area contributed by atoms with E-state index in [4.69, 9.17) is 9.26 Å². The van der Waals surface area contributed by atoms with E-state index in [1.54, 1.807) is 49.6 Å². The van der Waals surface area contributed by atoms with Gasteiger partial charge in [-0.1, -0.05) is 44.0 Å². The van der Waals surface area contributed by atoms with Crippen molar-refractivity contribution in [3.63, 3.8) is 0 Å². The molecular formula is C26H26N2O5. The highest BCUT2D eigenvalue weighted by Crippen LogP contribution is 2.39. The molecule has 7 nitrogen and oxygen atoms in total. The summed E-state index contributed by atoms with van der Waals surface area (Å²) >= 11 is 0. The highest BCUT2D eigenvalue weighted by Gasteiger charge is 2.48. The molecule has 3 aromatic rings. The minimum absolute atomic E-state index is 0.00832. The number of ether oxygens (including phenoxy) is 1. The summed E-state index contributed by atoms with van der Waals surface area (Å²) in [5.41, 5.74) is 2.71. The molecule has 0 spiro atoms. The molecule has 1 saturated heterocycles. The molecule has 170 valence electrons. The van der Waals surface area contributed by atoms with Crippen LogP contribution in [-0.2, 0) is 9.59 Å². The normalized spacial score (nSPS) is 17.7. The molecule has 7 heteroatoms. The summed E-state index contributed by atoms with van der Waals surface area (Å²) in [5, 5.41) is 15.1. The van der Waals surface area contributed by atoms with E-state index in [9.17, 15) is 14.7 Å². The predicted molar refractivity (Wildman–Crippen MR) is 125 cm³/mol. The van der Waals surface area contributed by atoms with Crippen LogP contribution in [0.25, 0.3) is 17.0 Å². The van der Waals surface area contributed by atoms with E-state index in [0.29, 0.717) is 22.7 Å². The van der Waals surface area contributed by atoms with Crippen molar-refractivity contribution in [3.05, 3.63) is 72.0 Å². The third-order valence-corrected chi connectivity index (χ3v) is 6.22. The molecule has 1 amide bonds. The van der Waals surface area contributed by atoms with Gasteiger partial charge >= 0.3 is 0 Å². The molecule has 1 aromatic heterocycles. The second-order valence-electron chi connectivity index (χ2n) is 7.95. The second-order valence-corrected chi connectivity index (χ2v) is 7.95. The average Bonchev–Trinajstić information content (AvgIpc) is 3.47. The Kier molecular flexibility index (Phi) is 6.31. The molecule has 0 aliphatic carbocycles. The van der Waals surface area contributed by atoms with Crippen molar-refractivity contribution < 1.29 is 24.0 Å². The van der Waals surface area contributed by atoms with Gasteiger partial charge in [-0.3, -0.25) is 14.5 Å². The lowest BCUT2D eigenvalue weighted by molar-refractivity contribution is -0.132. The molecule has 1 unspecified atom stereocenters. The number of nitrogens with zero attached hydrogens (tertiary/aromatic N) is 2. The molecular weight excluding hydrogens is 420 g/mol. The summed E-state index contributed by atoms with van der Waals surface area (Å²) < 4.78 is 10.1. The molecule has 1 aliphatic rings. The van der Waals surface area contributed by atoms with Crippen molar-refractivity contribution in [1.82, 2.24) is 5.16 Å². The maximum Gasteiger partial charge on any atom is 0.299 e. The number of Topliss-reactive ketones (excluding diaryl/α,β-unsaturated/α-hetero) is 1. The van der Waals surface area contributed by atoms with Gasteiger partial charge in [0.25, 0.3) is 11.7 Å². The molecule has 0 radical (unpaired) electrons. The molecule has 4 rings (SSSR count). The van der Waals surface area contributed by atoms with E-state index in [1.807, 2.05) is 26.0 Å². The number of ketones is 1. The van der Waals surface area contributed by atoms with Crippen LogP contribution >= 0.6 is 0 Å². The van der Waals surface area contributed by atoms with Crippen LogP contribution in [0, 0.1) is 5.92 Å². The quantitative estimate of drug-likeness (QED) is 0.310. The maximum atomic E-state index is 13.2. The van der Waals surface area contributed by atoms with Crippen molar-refractivity contribution in [3.8, 4) is 17.0 Å². The van der Waals surface area contributed by atoms with Crippen LogP contribution < -0.4 is 9.64 Å². The number of carbonyl (C=O) groups is 2. The van der Waals surface area contributed by atoms with Gasteiger partial charge in [-0.25, -0.2) is 0 Å². The standard InChI is InChI=1S/C26H26N2O5/c1-4-16(5-2)23-22(24(29)18-8-12-20(32-3)13-9-18)25(30)26(31)28(23)19-10-6-17(7-11-19)21-14-15-33-27-21/h6-16,23,29H,4-5H2,1-3H3. The number of carbonyl (C=O) groups excluding carboxylic acids is 2. The molecule has 2 heterocycles. The van der Waals surface area contributed by atoms with Crippen LogP contribution in [0.3, 0.4) is 0 Å². The van der Waals surface area contributed by atoms with Crippen LogP contribution in [0.4, 0.5) is 5.69 Å². The number of hydrogen-bond acceptors (Lipinski definition) is 6. The molecule has 1 fully saturated rings. The number of anilines is 1.